The molecule has 162 valence electrons. The summed E-state index contributed by atoms with van der Waals surface area (Å²) in [6, 6.07) is 7.41. The first-order valence-corrected chi connectivity index (χ1v) is 10.8. The van der Waals surface area contributed by atoms with Gasteiger partial charge in [-0.05, 0) is 32.9 Å². The molecule has 1 atom stereocenters. The van der Waals surface area contributed by atoms with Crippen LogP contribution in [0.1, 0.15) is 34.1 Å². The number of hydrogen-bond donors (Lipinski definition) is 2. The van der Waals surface area contributed by atoms with E-state index in [0.717, 1.165) is 11.3 Å². The molecule has 10 heteroatoms. The van der Waals surface area contributed by atoms with E-state index in [9.17, 15) is 14.4 Å². The Bertz CT molecular complexity index is 1160. The molecule has 3 aromatic rings. The monoisotopic (exact) mass is 440 g/mol. The Labute approximate surface area is 183 Å². The minimum atomic E-state index is -0.422. The normalized spacial score (nSPS) is 16.7. The van der Waals surface area contributed by atoms with Gasteiger partial charge in [-0.25, -0.2) is 4.52 Å². The van der Waals surface area contributed by atoms with Crippen LogP contribution in [0.3, 0.4) is 0 Å². The van der Waals surface area contributed by atoms with Crippen LogP contribution in [-0.4, -0.2) is 49.3 Å². The maximum absolute atomic E-state index is 12.7. The Hall–Kier alpha value is -3.27. The summed E-state index contributed by atoms with van der Waals surface area (Å²) in [5.74, 6) is -0.600. The number of benzene rings is 1. The molecule has 0 saturated carbocycles. The van der Waals surface area contributed by atoms with Gasteiger partial charge in [0.15, 0.2) is 0 Å². The first-order chi connectivity index (χ1) is 14.6. The Morgan fingerprint density at radius 1 is 1.16 bits per heavy atom. The van der Waals surface area contributed by atoms with Crippen LogP contribution in [0.4, 0.5) is 11.6 Å². The summed E-state index contributed by atoms with van der Waals surface area (Å²) >= 11 is 1.41. The SMILES string of the molecule is CC(=O)Nc1ccc(-c2csc3nc(NC(=O)C4CC(=O)N(C(C)(C)C)C4)nn23)cc1. The molecule has 0 spiro atoms. The third-order valence-electron chi connectivity index (χ3n) is 5.12. The molecule has 31 heavy (non-hydrogen) atoms. The molecule has 3 heterocycles. The molecule has 0 aliphatic carbocycles. The highest BCUT2D eigenvalue weighted by molar-refractivity contribution is 7.15. The molecular formula is C21H24N6O3S. The van der Waals surface area contributed by atoms with Crippen molar-refractivity contribution < 1.29 is 14.4 Å². The van der Waals surface area contributed by atoms with E-state index in [4.69, 9.17) is 0 Å². The van der Waals surface area contributed by atoms with Gasteiger partial charge in [-0.1, -0.05) is 12.1 Å². The summed E-state index contributed by atoms with van der Waals surface area (Å²) in [6.07, 6.45) is 0.192. The van der Waals surface area contributed by atoms with E-state index in [1.807, 2.05) is 50.4 Å². The highest BCUT2D eigenvalue weighted by Gasteiger charge is 2.39. The summed E-state index contributed by atoms with van der Waals surface area (Å²) in [4.78, 5) is 42.9. The third-order valence-corrected chi connectivity index (χ3v) is 5.94. The summed E-state index contributed by atoms with van der Waals surface area (Å²) in [5.41, 5.74) is 2.14. The Kier molecular flexibility index (Phi) is 5.26. The van der Waals surface area contributed by atoms with E-state index in [1.54, 1.807) is 9.42 Å². The van der Waals surface area contributed by atoms with Gasteiger partial charge in [-0.2, -0.15) is 4.98 Å². The highest BCUT2D eigenvalue weighted by atomic mass is 32.1. The molecule has 1 saturated heterocycles. The molecule has 4 rings (SSSR count). The molecule has 1 aliphatic rings. The van der Waals surface area contributed by atoms with E-state index in [-0.39, 0.29) is 35.6 Å². The van der Waals surface area contributed by atoms with Crippen LogP contribution in [0.2, 0.25) is 0 Å². The van der Waals surface area contributed by atoms with Gasteiger partial charge in [0.25, 0.3) is 0 Å². The van der Waals surface area contributed by atoms with Crippen molar-refractivity contribution in [2.24, 2.45) is 5.92 Å². The second-order valence-corrected chi connectivity index (χ2v) is 9.41. The van der Waals surface area contributed by atoms with E-state index < -0.39 is 5.92 Å². The van der Waals surface area contributed by atoms with E-state index in [2.05, 4.69) is 20.7 Å². The standard InChI is InChI=1S/C21H24N6O3S/c1-12(28)22-15-7-5-13(6-8-15)16-11-31-20-24-19(25-27(16)20)23-18(30)14-9-17(29)26(10-14)21(2,3)4/h5-8,11,14H,9-10H2,1-4H3,(H,22,28)(H,23,25,30). The third kappa shape index (κ3) is 4.29. The Morgan fingerprint density at radius 2 is 1.87 bits per heavy atom. The molecule has 9 nitrogen and oxygen atoms in total. The maximum atomic E-state index is 12.7. The van der Waals surface area contributed by atoms with Crippen LogP contribution in [0, 0.1) is 5.92 Å². The average Bonchev–Trinajstić information content (AvgIpc) is 3.35. The lowest BCUT2D eigenvalue weighted by molar-refractivity contribution is -0.131. The quantitative estimate of drug-likeness (QED) is 0.648. The summed E-state index contributed by atoms with van der Waals surface area (Å²) in [6.45, 7) is 7.73. The lowest BCUT2D eigenvalue weighted by Crippen LogP contribution is -2.42. The largest absolute Gasteiger partial charge is 0.337 e. The van der Waals surface area contributed by atoms with Crippen LogP contribution in [0.5, 0.6) is 0 Å². The summed E-state index contributed by atoms with van der Waals surface area (Å²) in [7, 11) is 0. The number of rotatable bonds is 4. The number of likely N-dealkylation sites (tertiary alicyclic amines) is 1. The predicted molar refractivity (Wildman–Crippen MR) is 119 cm³/mol. The van der Waals surface area contributed by atoms with E-state index in [1.165, 1.54) is 18.3 Å². The van der Waals surface area contributed by atoms with Gasteiger partial charge in [-0.3, -0.25) is 19.7 Å². The molecule has 3 amide bonds. The number of anilines is 2. The van der Waals surface area contributed by atoms with Gasteiger partial charge in [0, 0.05) is 42.1 Å². The molecule has 1 aromatic carbocycles. The minimum absolute atomic E-state index is 0.0172. The van der Waals surface area contributed by atoms with Crippen molar-refractivity contribution in [3.8, 4) is 11.3 Å². The topological polar surface area (TPSA) is 109 Å². The predicted octanol–water partition coefficient (Wildman–Crippen LogP) is 3.00. The lowest BCUT2D eigenvalue weighted by Gasteiger charge is -2.31. The number of carbonyl (C=O) groups is 3. The van der Waals surface area contributed by atoms with Crippen LogP contribution < -0.4 is 10.6 Å². The Morgan fingerprint density at radius 3 is 2.48 bits per heavy atom. The molecule has 1 aliphatic heterocycles. The first-order valence-electron chi connectivity index (χ1n) is 9.95. The Balaban J connectivity index is 1.50. The van der Waals surface area contributed by atoms with Gasteiger partial charge in [-0.15, -0.1) is 16.4 Å². The van der Waals surface area contributed by atoms with Crippen molar-refractivity contribution in [3.63, 3.8) is 0 Å². The molecular weight excluding hydrogens is 416 g/mol. The second-order valence-electron chi connectivity index (χ2n) is 8.57. The van der Waals surface area contributed by atoms with Crippen molar-refractivity contribution in [2.75, 3.05) is 17.2 Å². The zero-order chi connectivity index (χ0) is 22.3. The van der Waals surface area contributed by atoms with Gasteiger partial charge >= 0.3 is 0 Å². The second kappa shape index (κ2) is 7.77. The summed E-state index contributed by atoms with van der Waals surface area (Å²) < 4.78 is 1.68. The number of hydrogen-bond acceptors (Lipinski definition) is 6. The first kappa shape index (κ1) is 21.0. The number of nitrogens with one attached hydrogen (secondary N) is 2. The fourth-order valence-corrected chi connectivity index (χ4v) is 4.44. The molecule has 0 radical (unpaired) electrons. The number of aromatic nitrogens is 3. The highest BCUT2D eigenvalue weighted by Crippen LogP contribution is 2.29. The number of amides is 3. The van der Waals surface area contributed by atoms with Crippen LogP contribution in [0.25, 0.3) is 16.2 Å². The van der Waals surface area contributed by atoms with Gasteiger partial charge < -0.3 is 10.2 Å². The van der Waals surface area contributed by atoms with Gasteiger partial charge in [0.05, 0.1) is 11.6 Å². The number of nitrogens with zero attached hydrogens (tertiary/aromatic N) is 4. The van der Waals surface area contributed by atoms with Crippen molar-refractivity contribution in [2.45, 2.75) is 39.7 Å². The number of carbonyl (C=O) groups excluding carboxylic acids is 3. The lowest BCUT2D eigenvalue weighted by atomic mass is 10.1. The zero-order valence-electron chi connectivity index (χ0n) is 17.8. The average molecular weight is 441 g/mol. The number of thiazole rings is 1. The molecule has 1 unspecified atom stereocenters. The van der Waals surface area contributed by atoms with Crippen molar-refractivity contribution in [1.82, 2.24) is 19.5 Å². The fourth-order valence-electron chi connectivity index (χ4n) is 3.60. The van der Waals surface area contributed by atoms with Gasteiger partial charge in [0.2, 0.25) is 28.6 Å². The van der Waals surface area contributed by atoms with Crippen molar-refractivity contribution >= 4 is 45.7 Å². The van der Waals surface area contributed by atoms with Crippen LogP contribution in [0.15, 0.2) is 29.6 Å². The smallest absolute Gasteiger partial charge is 0.250 e. The van der Waals surface area contributed by atoms with E-state index in [0.29, 0.717) is 17.2 Å². The molecule has 2 N–H and O–H groups in total. The number of fused-ring (bicyclic) bond motifs is 1. The van der Waals surface area contributed by atoms with E-state index >= 15 is 0 Å². The zero-order valence-corrected chi connectivity index (χ0v) is 18.6. The van der Waals surface area contributed by atoms with Crippen LogP contribution >= 0.6 is 11.3 Å². The molecule has 0 bridgehead atoms. The van der Waals surface area contributed by atoms with Crippen molar-refractivity contribution in [3.05, 3.63) is 29.6 Å². The molecule has 2 aromatic heterocycles. The molecule has 1 fully saturated rings. The van der Waals surface area contributed by atoms with Gasteiger partial charge in [0.1, 0.15) is 0 Å². The summed E-state index contributed by atoms with van der Waals surface area (Å²) in [5, 5.41) is 11.9. The maximum Gasteiger partial charge on any atom is 0.250 e. The van der Waals surface area contributed by atoms with Crippen LogP contribution in [-0.2, 0) is 14.4 Å². The van der Waals surface area contributed by atoms with Crippen molar-refractivity contribution in [1.29, 1.82) is 0 Å². The minimum Gasteiger partial charge on any atom is -0.337 e. The fraction of sp³-hybridized carbons (Fsp3) is 0.381.